The number of nitrogens with one attached hydrogen (secondary N) is 2. The second-order valence-electron chi connectivity index (χ2n) is 7.64. The molecule has 0 spiro atoms. The van der Waals surface area contributed by atoms with Gasteiger partial charge in [0.15, 0.2) is 17.9 Å². The van der Waals surface area contributed by atoms with Gasteiger partial charge in [-0.1, -0.05) is 18.2 Å². The Morgan fingerprint density at radius 3 is 2.36 bits per heavy atom. The van der Waals surface area contributed by atoms with Crippen LogP contribution in [0.5, 0.6) is 5.75 Å². The lowest BCUT2D eigenvalue weighted by molar-refractivity contribution is -0.732. The number of aromatic hydroxyl groups is 1. The van der Waals surface area contributed by atoms with Gasteiger partial charge in [-0.3, -0.25) is 0 Å². The van der Waals surface area contributed by atoms with Crippen molar-refractivity contribution in [1.82, 2.24) is 9.97 Å². The minimum Gasteiger partial charge on any atom is -1.00 e. The van der Waals surface area contributed by atoms with Crippen LogP contribution in [0.3, 0.4) is 0 Å². The van der Waals surface area contributed by atoms with E-state index >= 15 is 0 Å². The Bertz CT molecular complexity index is 1100. The van der Waals surface area contributed by atoms with Crippen LogP contribution in [0.25, 0.3) is 0 Å². The number of phenols is 1. The highest BCUT2D eigenvalue weighted by Crippen LogP contribution is 2.60. The molecule has 7 rings (SSSR count). The molecule has 3 aliphatic rings. The van der Waals surface area contributed by atoms with Crippen LogP contribution in [0.2, 0.25) is 0 Å². The van der Waals surface area contributed by atoms with Crippen molar-refractivity contribution in [2.24, 2.45) is 0 Å². The van der Waals surface area contributed by atoms with Crippen molar-refractivity contribution in [1.29, 1.82) is 0 Å². The van der Waals surface area contributed by atoms with Gasteiger partial charge < -0.3 is 27.5 Å². The van der Waals surface area contributed by atoms with Crippen LogP contribution in [0, 0.1) is 0 Å². The van der Waals surface area contributed by atoms with Crippen molar-refractivity contribution in [2.45, 2.75) is 23.8 Å². The Morgan fingerprint density at radius 2 is 1.68 bits per heavy atom. The molecule has 0 amide bonds. The van der Waals surface area contributed by atoms with E-state index in [2.05, 4.69) is 69.5 Å². The zero-order valence-corrected chi connectivity index (χ0v) is 15.9. The molecule has 140 valence electrons. The number of rotatable bonds is 2. The van der Waals surface area contributed by atoms with E-state index in [4.69, 9.17) is 0 Å². The molecule has 4 nitrogen and oxygen atoms in total. The average molecular weight is 390 g/mol. The zero-order valence-electron chi connectivity index (χ0n) is 15.1. The highest BCUT2D eigenvalue weighted by Gasteiger charge is 2.60. The molecule has 0 radical (unpaired) electrons. The summed E-state index contributed by atoms with van der Waals surface area (Å²) in [5, 5.41) is 10.9. The van der Waals surface area contributed by atoms with E-state index in [1.165, 1.54) is 22.4 Å². The van der Waals surface area contributed by atoms with Crippen LogP contribution in [0.15, 0.2) is 79.5 Å². The van der Waals surface area contributed by atoms with E-state index in [1.54, 1.807) is 0 Å². The maximum absolute atomic E-state index is 10.9. The summed E-state index contributed by atoms with van der Waals surface area (Å²) < 4.78 is 2.39. The smallest absolute Gasteiger partial charge is 0.190 e. The van der Waals surface area contributed by atoms with Gasteiger partial charge in [-0.15, -0.1) is 0 Å². The van der Waals surface area contributed by atoms with Crippen LogP contribution in [0.1, 0.15) is 46.3 Å². The minimum atomic E-state index is -0.224. The molecule has 28 heavy (non-hydrogen) atoms. The third-order valence-electron chi connectivity index (χ3n) is 6.55. The maximum Gasteiger partial charge on any atom is 0.190 e. The van der Waals surface area contributed by atoms with E-state index in [0.29, 0.717) is 5.75 Å². The van der Waals surface area contributed by atoms with Gasteiger partial charge in [0.05, 0.1) is 5.92 Å². The monoisotopic (exact) mass is 389 g/mol. The number of hydrogen-bond acceptors (Lipinski definition) is 1. The summed E-state index contributed by atoms with van der Waals surface area (Å²) in [6, 6.07) is 16.9. The molecule has 2 aliphatic heterocycles. The van der Waals surface area contributed by atoms with E-state index in [-0.39, 0.29) is 29.8 Å². The van der Waals surface area contributed by atoms with Gasteiger partial charge >= 0.3 is 0 Å². The van der Waals surface area contributed by atoms with Crippen molar-refractivity contribution in [2.75, 3.05) is 0 Å². The first-order valence-corrected chi connectivity index (χ1v) is 9.39. The minimum absolute atomic E-state index is 0. The average Bonchev–Trinajstić information content (AvgIpc) is 3.43. The number of nitrogens with zero attached hydrogens (tertiary/aromatic N) is 1. The molecule has 1 aromatic carbocycles. The van der Waals surface area contributed by atoms with E-state index in [1.807, 2.05) is 24.5 Å². The van der Waals surface area contributed by atoms with Gasteiger partial charge in [0, 0.05) is 59.9 Å². The fraction of sp³-hybridized carbons (Fsp3) is 0.174. The van der Waals surface area contributed by atoms with Gasteiger partial charge in [-0.05, 0) is 29.3 Å². The first-order chi connectivity index (χ1) is 13.3. The molecule has 0 saturated heterocycles. The Labute approximate surface area is 169 Å². The van der Waals surface area contributed by atoms with Crippen LogP contribution in [-0.4, -0.2) is 15.1 Å². The zero-order chi connectivity index (χ0) is 18.0. The van der Waals surface area contributed by atoms with Gasteiger partial charge in [-0.25, -0.2) is 0 Å². The Balaban J connectivity index is 0.00000171. The molecule has 3 N–H and O–H groups in total. The normalized spacial score (nSPS) is 20.9. The van der Waals surface area contributed by atoms with Crippen molar-refractivity contribution in [3.05, 3.63) is 107 Å². The van der Waals surface area contributed by atoms with E-state index in [9.17, 15) is 5.11 Å². The van der Waals surface area contributed by atoms with E-state index < -0.39 is 0 Å². The third-order valence-corrected chi connectivity index (χ3v) is 6.55. The van der Waals surface area contributed by atoms with Gasteiger partial charge in [-0.2, -0.15) is 4.57 Å². The Morgan fingerprint density at radius 1 is 0.929 bits per heavy atom. The molecule has 2 unspecified atom stereocenters. The number of pyridine rings is 1. The topological polar surface area (TPSA) is 55.7 Å². The fourth-order valence-corrected chi connectivity index (χ4v) is 5.54. The largest absolute Gasteiger partial charge is 1.00 e. The number of benzene rings is 1. The van der Waals surface area contributed by atoms with Crippen LogP contribution in [0.4, 0.5) is 0 Å². The van der Waals surface area contributed by atoms with Crippen molar-refractivity contribution in [3.8, 4) is 5.75 Å². The Kier molecular flexibility index (Phi) is 3.68. The summed E-state index contributed by atoms with van der Waals surface area (Å²) in [6.07, 6.45) is 11.4. The summed E-state index contributed by atoms with van der Waals surface area (Å²) in [5.41, 5.74) is 5.87. The lowest BCUT2D eigenvalue weighted by Crippen LogP contribution is -3.00. The van der Waals surface area contributed by atoms with Gasteiger partial charge in [0.2, 0.25) is 0 Å². The molecule has 2 bridgehead atoms. The molecule has 2 atom stereocenters. The fourth-order valence-electron chi connectivity index (χ4n) is 5.54. The molecule has 5 heteroatoms. The molecule has 5 heterocycles. The lowest BCUT2D eigenvalue weighted by Gasteiger charge is -2.49. The first kappa shape index (κ1) is 17.1. The highest BCUT2D eigenvalue weighted by atomic mass is 35.5. The summed E-state index contributed by atoms with van der Waals surface area (Å²) in [6.45, 7) is 0. The predicted octanol–water partition coefficient (Wildman–Crippen LogP) is 0.765. The standard InChI is InChI=1S/C23H19N3O.ClH/c27-20-6-3-4-17-19-12-23(15-7-9-24-13-15,16-8-10-25-14-16)22(21(17)20)18-5-1-2-11-26(18)19;/h1-11,13-14,19,22,24-25H,12H2;1H. The highest BCUT2D eigenvalue weighted by molar-refractivity contribution is 5.58. The predicted molar refractivity (Wildman–Crippen MR) is 102 cm³/mol. The molecule has 4 aromatic rings. The van der Waals surface area contributed by atoms with Crippen molar-refractivity contribution in [3.63, 3.8) is 0 Å². The molecular weight excluding hydrogens is 370 g/mol. The second-order valence-corrected chi connectivity index (χ2v) is 7.64. The van der Waals surface area contributed by atoms with Crippen LogP contribution in [-0.2, 0) is 5.41 Å². The van der Waals surface area contributed by atoms with Crippen LogP contribution >= 0.6 is 0 Å². The first-order valence-electron chi connectivity index (χ1n) is 9.39. The van der Waals surface area contributed by atoms with Crippen molar-refractivity contribution >= 4 is 0 Å². The number of aromatic amines is 2. The molecule has 3 aromatic heterocycles. The van der Waals surface area contributed by atoms with Crippen LogP contribution < -0.4 is 17.0 Å². The number of hydrogen-bond donors (Lipinski definition) is 3. The number of aromatic nitrogens is 3. The van der Waals surface area contributed by atoms with Gasteiger partial charge in [0.25, 0.3) is 0 Å². The van der Waals surface area contributed by atoms with Gasteiger partial charge in [0.1, 0.15) is 5.75 Å². The summed E-state index contributed by atoms with van der Waals surface area (Å²) in [5.74, 6) is 0.444. The lowest BCUT2D eigenvalue weighted by atomic mass is 9.54. The summed E-state index contributed by atoms with van der Waals surface area (Å²) in [7, 11) is 0. The third kappa shape index (κ3) is 1.98. The number of H-pyrrole nitrogens is 2. The summed E-state index contributed by atoms with van der Waals surface area (Å²) >= 11 is 0. The molecule has 0 fully saturated rings. The number of phenolic OH excluding ortho intramolecular Hbond substituents is 1. The Hall–Kier alpha value is -2.98. The molecular formula is C23H20ClN3O. The number of halogens is 1. The van der Waals surface area contributed by atoms with Crippen molar-refractivity contribution < 1.29 is 22.1 Å². The molecule has 1 aliphatic carbocycles. The SMILES string of the molecule is Oc1cccc2c1C1c3cccc[n+]3C2CC1(c1cc[nH]c1)c1cc[nH]c1.[Cl-]. The number of fused-ring (bicyclic) bond motifs is 1. The maximum atomic E-state index is 10.9. The van der Waals surface area contributed by atoms with E-state index in [0.717, 1.165) is 12.0 Å². The second kappa shape index (κ2) is 6.01. The molecule has 0 saturated carbocycles. The quantitative estimate of drug-likeness (QED) is 0.436. The summed E-state index contributed by atoms with van der Waals surface area (Å²) in [4.78, 5) is 6.51.